The van der Waals surface area contributed by atoms with Gasteiger partial charge in [0.2, 0.25) is 0 Å². The Morgan fingerprint density at radius 1 is 1.21 bits per heavy atom. The molecule has 0 amide bonds. The standard InChI is InChI=1S/C17H18N2O3S2/c1-3-17(18,13-6-9-15-16(10-13)23-11-19-15)22-24(20,21)14-7-4-12(2)5-8-14/h4-11H,3,18H2,1-2H3. The minimum Gasteiger partial charge on any atom is -0.299 e. The van der Waals surface area contributed by atoms with Gasteiger partial charge in [-0.2, -0.15) is 8.42 Å². The zero-order valence-electron chi connectivity index (χ0n) is 13.4. The molecule has 0 saturated carbocycles. The first-order chi connectivity index (χ1) is 11.3. The van der Waals surface area contributed by atoms with Crippen molar-refractivity contribution in [2.75, 3.05) is 0 Å². The number of rotatable bonds is 5. The lowest BCUT2D eigenvalue weighted by molar-refractivity contribution is 0.0772. The molecule has 0 fully saturated rings. The maximum Gasteiger partial charge on any atom is 0.299 e. The van der Waals surface area contributed by atoms with Crippen LogP contribution in [0, 0.1) is 6.92 Å². The molecule has 24 heavy (non-hydrogen) atoms. The Morgan fingerprint density at radius 2 is 1.92 bits per heavy atom. The average molecular weight is 362 g/mol. The lowest BCUT2D eigenvalue weighted by Crippen LogP contribution is -2.41. The van der Waals surface area contributed by atoms with Crippen LogP contribution >= 0.6 is 11.3 Å². The summed E-state index contributed by atoms with van der Waals surface area (Å²) in [6.07, 6.45) is 0.308. The van der Waals surface area contributed by atoms with E-state index >= 15 is 0 Å². The minimum absolute atomic E-state index is 0.0928. The Balaban J connectivity index is 1.98. The maximum absolute atomic E-state index is 12.6. The smallest absolute Gasteiger partial charge is 0.299 e. The molecular formula is C17H18N2O3S2. The van der Waals surface area contributed by atoms with Crippen molar-refractivity contribution < 1.29 is 12.6 Å². The van der Waals surface area contributed by atoms with Gasteiger partial charge in [-0.05, 0) is 37.6 Å². The average Bonchev–Trinajstić information content (AvgIpc) is 3.02. The molecule has 7 heteroatoms. The van der Waals surface area contributed by atoms with E-state index in [0.717, 1.165) is 15.8 Å². The first-order valence-electron chi connectivity index (χ1n) is 7.49. The molecule has 0 spiro atoms. The lowest BCUT2D eigenvalue weighted by atomic mass is 10.0. The van der Waals surface area contributed by atoms with E-state index in [-0.39, 0.29) is 4.90 Å². The van der Waals surface area contributed by atoms with Gasteiger partial charge in [-0.15, -0.1) is 11.3 Å². The van der Waals surface area contributed by atoms with Crippen LogP contribution in [0.2, 0.25) is 0 Å². The zero-order valence-corrected chi connectivity index (χ0v) is 15.0. The molecule has 0 saturated heterocycles. The highest BCUT2D eigenvalue weighted by molar-refractivity contribution is 7.86. The summed E-state index contributed by atoms with van der Waals surface area (Å²) in [6, 6.07) is 11.9. The number of nitrogens with two attached hydrogens (primary N) is 1. The Labute approximate surface area is 145 Å². The molecule has 1 atom stereocenters. The maximum atomic E-state index is 12.6. The highest BCUT2D eigenvalue weighted by atomic mass is 32.2. The van der Waals surface area contributed by atoms with E-state index in [1.54, 1.807) is 30.6 Å². The molecule has 3 aromatic rings. The third-order valence-corrected chi connectivity index (χ3v) is 6.07. The first-order valence-corrected chi connectivity index (χ1v) is 9.78. The molecule has 1 unspecified atom stereocenters. The molecule has 1 heterocycles. The quantitative estimate of drug-likeness (QED) is 0.554. The van der Waals surface area contributed by atoms with Crippen molar-refractivity contribution in [2.24, 2.45) is 5.73 Å². The molecule has 0 aliphatic carbocycles. The molecule has 2 N–H and O–H groups in total. The van der Waals surface area contributed by atoms with Crippen LogP contribution in [0.4, 0.5) is 0 Å². The Bertz CT molecular complexity index is 965. The van der Waals surface area contributed by atoms with Crippen molar-refractivity contribution in [1.29, 1.82) is 0 Å². The lowest BCUT2D eigenvalue weighted by Gasteiger charge is -2.28. The second-order valence-corrected chi connectivity index (χ2v) is 8.06. The van der Waals surface area contributed by atoms with E-state index in [1.807, 2.05) is 19.1 Å². The van der Waals surface area contributed by atoms with E-state index in [2.05, 4.69) is 4.98 Å². The number of fused-ring (bicyclic) bond motifs is 1. The van der Waals surface area contributed by atoms with Crippen LogP contribution in [0.5, 0.6) is 0 Å². The summed E-state index contributed by atoms with van der Waals surface area (Å²) in [4.78, 5) is 4.31. The Kier molecular flexibility index (Phi) is 4.44. The summed E-state index contributed by atoms with van der Waals surface area (Å²) in [5, 5.41) is 0. The predicted octanol–water partition coefficient (Wildman–Crippen LogP) is 3.53. The third-order valence-electron chi connectivity index (χ3n) is 3.91. The van der Waals surface area contributed by atoms with Gasteiger partial charge in [0.25, 0.3) is 10.1 Å². The van der Waals surface area contributed by atoms with Crippen molar-refractivity contribution in [3.63, 3.8) is 0 Å². The van der Waals surface area contributed by atoms with E-state index in [0.29, 0.717) is 12.0 Å². The van der Waals surface area contributed by atoms with Gasteiger partial charge in [0.15, 0.2) is 5.72 Å². The number of aromatic nitrogens is 1. The van der Waals surface area contributed by atoms with Crippen LogP contribution in [-0.4, -0.2) is 13.4 Å². The molecule has 5 nitrogen and oxygen atoms in total. The van der Waals surface area contributed by atoms with Crippen LogP contribution < -0.4 is 5.73 Å². The van der Waals surface area contributed by atoms with Gasteiger partial charge in [-0.25, -0.2) is 9.17 Å². The van der Waals surface area contributed by atoms with Crippen LogP contribution in [0.1, 0.15) is 24.5 Å². The summed E-state index contributed by atoms with van der Waals surface area (Å²) in [5.74, 6) is 0. The second-order valence-electron chi connectivity index (χ2n) is 5.63. The van der Waals surface area contributed by atoms with Gasteiger partial charge in [-0.1, -0.05) is 30.7 Å². The number of aryl methyl sites for hydroxylation is 1. The summed E-state index contributed by atoms with van der Waals surface area (Å²) >= 11 is 1.47. The summed E-state index contributed by atoms with van der Waals surface area (Å²) < 4.78 is 31.6. The molecule has 2 aromatic carbocycles. The monoisotopic (exact) mass is 362 g/mol. The van der Waals surface area contributed by atoms with Crippen molar-refractivity contribution in [3.8, 4) is 0 Å². The molecule has 1 aromatic heterocycles. The Hall–Kier alpha value is -1.80. The van der Waals surface area contributed by atoms with Crippen molar-refractivity contribution in [1.82, 2.24) is 4.98 Å². The number of thiazole rings is 1. The number of hydrogen-bond acceptors (Lipinski definition) is 6. The van der Waals surface area contributed by atoms with E-state index < -0.39 is 15.8 Å². The van der Waals surface area contributed by atoms with Crippen molar-refractivity contribution in [2.45, 2.75) is 30.9 Å². The minimum atomic E-state index is -3.97. The van der Waals surface area contributed by atoms with Gasteiger partial charge >= 0.3 is 0 Å². The van der Waals surface area contributed by atoms with E-state index in [1.165, 1.54) is 23.5 Å². The van der Waals surface area contributed by atoms with Gasteiger partial charge in [0.1, 0.15) is 0 Å². The van der Waals surface area contributed by atoms with E-state index in [9.17, 15) is 8.42 Å². The number of hydrogen-bond donors (Lipinski definition) is 1. The van der Waals surface area contributed by atoms with Gasteiger partial charge in [-0.3, -0.25) is 5.73 Å². The zero-order chi connectivity index (χ0) is 17.4. The van der Waals surface area contributed by atoms with Crippen LogP contribution in [-0.2, 0) is 20.0 Å². The SMILES string of the molecule is CCC(N)(OS(=O)(=O)c1ccc(C)cc1)c1ccc2ncsc2c1. The fourth-order valence-electron chi connectivity index (χ4n) is 2.38. The fraction of sp³-hybridized carbons (Fsp3) is 0.235. The molecule has 0 aliphatic heterocycles. The van der Waals surface area contributed by atoms with Crippen LogP contribution in [0.25, 0.3) is 10.2 Å². The van der Waals surface area contributed by atoms with Crippen molar-refractivity contribution in [3.05, 3.63) is 59.1 Å². The number of benzene rings is 2. The molecule has 0 radical (unpaired) electrons. The molecule has 126 valence electrons. The van der Waals surface area contributed by atoms with Gasteiger partial charge < -0.3 is 0 Å². The van der Waals surface area contributed by atoms with Crippen molar-refractivity contribution >= 4 is 31.7 Å². The topological polar surface area (TPSA) is 82.3 Å². The third kappa shape index (κ3) is 3.21. The Morgan fingerprint density at radius 3 is 2.58 bits per heavy atom. The van der Waals surface area contributed by atoms with Crippen LogP contribution in [0.15, 0.2) is 52.9 Å². The number of nitrogens with zero attached hydrogens (tertiary/aromatic N) is 1. The summed E-state index contributed by atoms with van der Waals surface area (Å²) in [7, 11) is -3.97. The van der Waals surface area contributed by atoms with Gasteiger partial charge in [0, 0.05) is 5.56 Å². The molecule has 0 bridgehead atoms. The molecule has 3 rings (SSSR count). The largest absolute Gasteiger partial charge is 0.299 e. The second kappa shape index (κ2) is 6.25. The van der Waals surface area contributed by atoms with E-state index in [4.69, 9.17) is 9.92 Å². The van der Waals surface area contributed by atoms with Gasteiger partial charge in [0.05, 0.1) is 20.6 Å². The molecule has 0 aliphatic rings. The predicted molar refractivity (Wildman–Crippen MR) is 95.2 cm³/mol. The highest BCUT2D eigenvalue weighted by Gasteiger charge is 2.34. The van der Waals surface area contributed by atoms with Crippen LogP contribution in [0.3, 0.4) is 0 Å². The summed E-state index contributed by atoms with van der Waals surface area (Å²) in [5.41, 5.74) is 9.06. The fourth-order valence-corrected chi connectivity index (χ4v) is 4.27. The first kappa shape index (κ1) is 17.0. The highest BCUT2D eigenvalue weighted by Crippen LogP contribution is 2.31. The molecular weight excluding hydrogens is 344 g/mol. The summed E-state index contributed by atoms with van der Waals surface area (Å²) in [6.45, 7) is 3.68. The normalized spacial score (nSPS) is 14.6.